The van der Waals surface area contributed by atoms with E-state index in [0.29, 0.717) is 57.0 Å². The summed E-state index contributed by atoms with van der Waals surface area (Å²) in [6.07, 6.45) is 1.51. The van der Waals surface area contributed by atoms with Gasteiger partial charge in [0.2, 0.25) is 11.8 Å². The summed E-state index contributed by atoms with van der Waals surface area (Å²) in [7, 11) is 0. The Morgan fingerprint density at radius 3 is 2.17 bits per heavy atom. The number of benzene rings is 1. The van der Waals surface area contributed by atoms with E-state index < -0.39 is 0 Å². The Hall–Kier alpha value is -1.30. The van der Waals surface area contributed by atoms with Crippen LogP contribution in [-0.4, -0.2) is 54.3 Å². The van der Waals surface area contributed by atoms with Crippen molar-refractivity contribution in [2.75, 3.05) is 32.7 Å². The van der Waals surface area contributed by atoms with Gasteiger partial charge in [-0.3, -0.25) is 9.59 Å². The van der Waals surface area contributed by atoms with E-state index in [9.17, 15) is 9.59 Å². The van der Waals surface area contributed by atoms with E-state index in [1.807, 2.05) is 23.1 Å². The van der Waals surface area contributed by atoms with Gasteiger partial charge >= 0.3 is 0 Å². The maximum absolute atomic E-state index is 12.3. The molecule has 1 aliphatic heterocycles. The predicted molar refractivity (Wildman–Crippen MR) is 93.9 cm³/mol. The third kappa shape index (κ3) is 5.68. The van der Waals surface area contributed by atoms with E-state index >= 15 is 0 Å². The van der Waals surface area contributed by atoms with Crippen molar-refractivity contribution in [3.8, 4) is 0 Å². The molecule has 23 heavy (non-hydrogen) atoms. The van der Waals surface area contributed by atoms with Crippen molar-refractivity contribution in [1.29, 1.82) is 0 Å². The number of carbonyl (C=O) groups excluding carboxylic acids is 2. The molecule has 1 heterocycles. The van der Waals surface area contributed by atoms with E-state index in [4.69, 9.17) is 17.3 Å². The van der Waals surface area contributed by atoms with Crippen LogP contribution in [0.4, 0.5) is 0 Å². The number of hydrogen-bond donors (Lipinski definition) is 1. The molecule has 0 atom stereocenters. The first-order valence-electron chi connectivity index (χ1n) is 7.61. The van der Waals surface area contributed by atoms with Gasteiger partial charge in [-0.15, -0.1) is 12.4 Å². The summed E-state index contributed by atoms with van der Waals surface area (Å²) in [5.74, 6) is 0.186. The van der Waals surface area contributed by atoms with Gasteiger partial charge in [0.25, 0.3) is 0 Å². The molecule has 1 aliphatic rings. The molecule has 0 unspecified atom stereocenters. The topological polar surface area (TPSA) is 66.6 Å². The second-order valence-electron chi connectivity index (χ2n) is 5.42. The lowest BCUT2D eigenvalue weighted by atomic mass is 10.1. The number of hydrogen-bond acceptors (Lipinski definition) is 3. The molecule has 2 amide bonds. The minimum Gasteiger partial charge on any atom is -0.339 e. The monoisotopic (exact) mass is 359 g/mol. The smallest absolute Gasteiger partial charge is 0.227 e. The maximum Gasteiger partial charge on any atom is 0.227 e. The zero-order valence-corrected chi connectivity index (χ0v) is 14.6. The molecule has 0 aromatic heterocycles. The van der Waals surface area contributed by atoms with Crippen LogP contribution in [0.1, 0.15) is 18.4 Å². The molecule has 2 N–H and O–H groups in total. The molecule has 1 aromatic carbocycles. The van der Waals surface area contributed by atoms with Crippen molar-refractivity contribution < 1.29 is 9.59 Å². The first-order valence-corrected chi connectivity index (χ1v) is 7.98. The molecule has 0 aliphatic carbocycles. The minimum atomic E-state index is 0. The zero-order chi connectivity index (χ0) is 15.9. The van der Waals surface area contributed by atoms with Gasteiger partial charge in [0.15, 0.2) is 0 Å². The minimum absolute atomic E-state index is 0. The van der Waals surface area contributed by atoms with E-state index in [-0.39, 0.29) is 24.2 Å². The summed E-state index contributed by atoms with van der Waals surface area (Å²) in [5.41, 5.74) is 6.26. The Bertz CT molecular complexity index is 532. The van der Waals surface area contributed by atoms with E-state index in [1.165, 1.54) is 0 Å². The van der Waals surface area contributed by atoms with Gasteiger partial charge in [-0.25, -0.2) is 0 Å². The van der Waals surface area contributed by atoms with Crippen LogP contribution in [0, 0.1) is 0 Å². The molecular formula is C16H23Cl2N3O2. The van der Waals surface area contributed by atoms with Crippen molar-refractivity contribution in [3.63, 3.8) is 0 Å². The highest BCUT2D eigenvalue weighted by Gasteiger charge is 2.24. The molecule has 7 heteroatoms. The number of halogens is 2. The highest BCUT2D eigenvalue weighted by Crippen LogP contribution is 2.17. The highest BCUT2D eigenvalue weighted by molar-refractivity contribution is 6.31. The summed E-state index contributed by atoms with van der Waals surface area (Å²) < 4.78 is 0. The number of amides is 2. The van der Waals surface area contributed by atoms with Crippen molar-refractivity contribution in [1.82, 2.24) is 9.80 Å². The zero-order valence-electron chi connectivity index (χ0n) is 13.0. The quantitative estimate of drug-likeness (QED) is 0.870. The van der Waals surface area contributed by atoms with Gasteiger partial charge in [0.05, 0.1) is 6.42 Å². The largest absolute Gasteiger partial charge is 0.339 e. The molecule has 1 saturated heterocycles. The maximum atomic E-state index is 12.3. The van der Waals surface area contributed by atoms with Crippen LogP contribution in [0.25, 0.3) is 0 Å². The molecule has 0 radical (unpaired) electrons. The lowest BCUT2D eigenvalue weighted by molar-refractivity contribution is -0.139. The third-order valence-corrected chi connectivity index (χ3v) is 4.25. The standard InChI is InChI=1S/C16H22ClN3O2.ClH/c17-14-5-2-1-4-13(14)12-16(22)20-10-8-19(9-11-20)15(21)6-3-7-18;/h1-2,4-5H,3,6-12,18H2;1H. The van der Waals surface area contributed by atoms with Crippen LogP contribution in [0.2, 0.25) is 5.02 Å². The van der Waals surface area contributed by atoms with Crippen LogP contribution >= 0.6 is 24.0 Å². The highest BCUT2D eigenvalue weighted by atomic mass is 35.5. The Balaban J connectivity index is 0.00000264. The Kier molecular flexibility index (Phi) is 8.37. The van der Waals surface area contributed by atoms with Gasteiger partial charge in [0.1, 0.15) is 0 Å². The van der Waals surface area contributed by atoms with E-state index in [2.05, 4.69) is 0 Å². The molecule has 1 aromatic rings. The first-order chi connectivity index (χ1) is 10.6. The normalized spacial score (nSPS) is 14.3. The number of piperazine rings is 1. The van der Waals surface area contributed by atoms with Gasteiger partial charge in [-0.05, 0) is 24.6 Å². The molecule has 0 spiro atoms. The number of carbonyl (C=O) groups is 2. The molecule has 0 saturated carbocycles. The Morgan fingerprint density at radius 1 is 1.04 bits per heavy atom. The second-order valence-corrected chi connectivity index (χ2v) is 5.83. The van der Waals surface area contributed by atoms with Crippen molar-refractivity contribution in [3.05, 3.63) is 34.9 Å². The molecule has 128 valence electrons. The lowest BCUT2D eigenvalue weighted by Gasteiger charge is -2.35. The summed E-state index contributed by atoms with van der Waals surface area (Å²) in [5, 5.41) is 0.617. The predicted octanol–water partition coefficient (Wildman–Crippen LogP) is 1.71. The van der Waals surface area contributed by atoms with Crippen LogP contribution in [0.15, 0.2) is 24.3 Å². The van der Waals surface area contributed by atoms with Crippen molar-refractivity contribution >= 4 is 35.8 Å². The SMILES string of the molecule is Cl.NCCCC(=O)N1CCN(C(=O)Cc2ccccc2Cl)CC1. The fraction of sp³-hybridized carbons (Fsp3) is 0.500. The molecule has 0 bridgehead atoms. The summed E-state index contributed by atoms with van der Waals surface area (Å²) in [6, 6.07) is 7.38. The van der Waals surface area contributed by atoms with E-state index in [1.54, 1.807) is 11.0 Å². The lowest BCUT2D eigenvalue weighted by Crippen LogP contribution is -2.51. The summed E-state index contributed by atoms with van der Waals surface area (Å²) in [4.78, 5) is 27.9. The van der Waals surface area contributed by atoms with Crippen molar-refractivity contribution in [2.45, 2.75) is 19.3 Å². The first kappa shape index (κ1) is 19.7. The van der Waals surface area contributed by atoms with Gasteiger partial charge in [-0.1, -0.05) is 29.8 Å². The summed E-state index contributed by atoms with van der Waals surface area (Å²) >= 11 is 6.09. The number of nitrogens with zero attached hydrogens (tertiary/aromatic N) is 2. The van der Waals surface area contributed by atoms with Crippen LogP contribution in [-0.2, 0) is 16.0 Å². The average Bonchev–Trinajstić information content (AvgIpc) is 2.55. The fourth-order valence-corrected chi connectivity index (χ4v) is 2.74. The van der Waals surface area contributed by atoms with E-state index in [0.717, 1.165) is 5.56 Å². The van der Waals surface area contributed by atoms with Crippen molar-refractivity contribution in [2.24, 2.45) is 5.73 Å². The Labute approximate surface area is 148 Å². The fourth-order valence-electron chi connectivity index (χ4n) is 2.53. The van der Waals surface area contributed by atoms with Gasteiger partial charge in [0, 0.05) is 37.6 Å². The molecule has 2 rings (SSSR count). The summed E-state index contributed by atoms with van der Waals surface area (Å²) in [6.45, 7) is 2.88. The number of nitrogens with two attached hydrogens (primary N) is 1. The molecule has 1 fully saturated rings. The second kappa shape index (κ2) is 9.75. The molecule has 5 nitrogen and oxygen atoms in total. The average molecular weight is 360 g/mol. The van der Waals surface area contributed by atoms with Crippen LogP contribution in [0.5, 0.6) is 0 Å². The number of rotatable bonds is 5. The van der Waals surface area contributed by atoms with Gasteiger partial charge in [-0.2, -0.15) is 0 Å². The Morgan fingerprint density at radius 2 is 1.61 bits per heavy atom. The third-order valence-electron chi connectivity index (χ3n) is 3.88. The van der Waals surface area contributed by atoms with Crippen LogP contribution < -0.4 is 5.73 Å². The molecular weight excluding hydrogens is 337 g/mol. The van der Waals surface area contributed by atoms with Gasteiger partial charge < -0.3 is 15.5 Å². The van der Waals surface area contributed by atoms with Crippen LogP contribution in [0.3, 0.4) is 0 Å².